The summed E-state index contributed by atoms with van der Waals surface area (Å²) in [6.07, 6.45) is 1.05. The molecule has 1 heterocycles. The van der Waals surface area contributed by atoms with Gasteiger partial charge in [0.05, 0.1) is 13.5 Å². The van der Waals surface area contributed by atoms with E-state index in [2.05, 4.69) is 23.9 Å². The van der Waals surface area contributed by atoms with Crippen LogP contribution in [-0.4, -0.2) is 30.3 Å². The summed E-state index contributed by atoms with van der Waals surface area (Å²) in [6.45, 7) is 5.05. The van der Waals surface area contributed by atoms with Crippen molar-refractivity contribution in [1.82, 2.24) is 5.32 Å². The number of hydrogen-bond acceptors (Lipinski definition) is 5. The number of esters is 1. The molecule has 0 amide bonds. The van der Waals surface area contributed by atoms with Gasteiger partial charge >= 0.3 is 5.97 Å². The molecule has 18 heavy (non-hydrogen) atoms. The van der Waals surface area contributed by atoms with Crippen molar-refractivity contribution < 1.29 is 14.6 Å². The lowest BCUT2D eigenvalue weighted by atomic mass is 10.0. The van der Waals surface area contributed by atoms with Crippen molar-refractivity contribution in [2.75, 3.05) is 13.7 Å². The summed E-state index contributed by atoms with van der Waals surface area (Å²) < 4.78 is 4.63. The van der Waals surface area contributed by atoms with Crippen molar-refractivity contribution in [3.8, 4) is 0 Å². The molecule has 0 saturated carbocycles. The fourth-order valence-electron chi connectivity index (χ4n) is 1.52. The first kappa shape index (κ1) is 15.1. The van der Waals surface area contributed by atoms with E-state index in [4.69, 9.17) is 5.11 Å². The summed E-state index contributed by atoms with van der Waals surface area (Å²) in [7, 11) is 1.40. The van der Waals surface area contributed by atoms with Crippen LogP contribution in [0.15, 0.2) is 12.1 Å². The quantitative estimate of drug-likeness (QED) is 0.741. The lowest BCUT2D eigenvalue weighted by Gasteiger charge is -2.25. The van der Waals surface area contributed by atoms with Crippen molar-refractivity contribution in [2.24, 2.45) is 0 Å². The molecule has 0 spiro atoms. The molecular weight excluding hydrogens is 250 g/mol. The zero-order chi connectivity index (χ0) is 13.6. The van der Waals surface area contributed by atoms with Crippen molar-refractivity contribution in [3.63, 3.8) is 0 Å². The summed E-state index contributed by atoms with van der Waals surface area (Å²) in [4.78, 5) is 13.3. The van der Waals surface area contributed by atoms with E-state index in [0.29, 0.717) is 12.8 Å². The van der Waals surface area contributed by atoms with Crippen LogP contribution >= 0.6 is 11.3 Å². The van der Waals surface area contributed by atoms with E-state index in [0.717, 1.165) is 11.4 Å². The van der Waals surface area contributed by atoms with E-state index >= 15 is 0 Å². The van der Waals surface area contributed by atoms with Gasteiger partial charge in [0.1, 0.15) is 0 Å². The normalized spacial score (nSPS) is 11.6. The van der Waals surface area contributed by atoms with Gasteiger partial charge in [-0.15, -0.1) is 11.3 Å². The van der Waals surface area contributed by atoms with Gasteiger partial charge in [-0.1, -0.05) is 0 Å². The first-order valence-corrected chi connectivity index (χ1v) is 6.79. The molecule has 0 aliphatic heterocycles. The SMILES string of the molecule is COC(=O)Cc1ccc(CNC(C)(C)CCO)s1. The highest BCUT2D eigenvalue weighted by atomic mass is 32.1. The van der Waals surface area contributed by atoms with Crippen LogP contribution in [0, 0.1) is 0 Å². The fraction of sp³-hybridized carbons (Fsp3) is 0.615. The van der Waals surface area contributed by atoms with Crippen molar-refractivity contribution >= 4 is 17.3 Å². The average molecular weight is 271 g/mol. The number of aliphatic hydroxyl groups is 1. The molecule has 0 atom stereocenters. The number of thiophene rings is 1. The Hall–Kier alpha value is -0.910. The number of carbonyl (C=O) groups is 1. The highest BCUT2D eigenvalue weighted by molar-refractivity contribution is 7.12. The maximum absolute atomic E-state index is 11.1. The van der Waals surface area contributed by atoms with Gasteiger partial charge in [-0.25, -0.2) is 0 Å². The Morgan fingerprint density at radius 1 is 1.44 bits per heavy atom. The van der Waals surface area contributed by atoms with Crippen LogP contribution < -0.4 is 5.32 Å². The Morgan fingerprint density at radius 2 is 2.11 bits per heavy atom. The molecule has 0 aliphatic rings. The Kier molecular flexibility index (Phi) is 5.78. The van der Waals surface area contributed by atoms with Crippen LogP contribution in [0.2, 0.25) is 0 Å². The molecular formula is C13H21NO3S. The van der Waals surface area contributed by atoms with Crippen molar-refractivity contribution in [1.29, 1.82) is 0 Å². The van der Waals surface area contributed by atoms with E-state index in [9.17, 15) is 4.79 Å². The molecule has 0 aliphatic carbocycles. The summed E-state index contributed by atoms with van der Waals surface area (Å²) >= 11 is 1.61. The lowest BCUT2D eigenvalue weighted by molar-refractivity contribution is -0.139. The molecule has 1 aromatic heterocycles. The van der Waals surface area contributed by atoms with Crippen LogP contribution in [0.4, 0.5) is 0 Å². The number of carbonyl (C=O) groups excluding carboxylic acids is 1. The fourth-order valence-corrected chi connectivity index (χ4v) is 2.46. The molecule has 1 rings (SSSR count). The van der Waals surface area contributed by atoms with Gasteiger partial charge in [0.15, 0.2) is 0 Å². The van der Waals surface area contributed by atoms with Crippen molar-refractivity contribution in [2.45, 2.75) is 38.8 Å². The molecule has 0 radical (unpaired) electrons. The highest BCUT2D eigenvalue weighted by Gasteiger charge is 2.16. The maximum Gasteiger partial charge on any atom is 0.310 e. The van der Waals surface area contributed by atoms with Gasteiger partial charge in [-0.05, 0) is 32.4 Å². The van der Waals surface area contributed by atoms with Crippen LogP contribution in [0.1, 0.15) is 30.0 Å². The number of methoxy groups -OCH3 is 1. The number of nitrogens with one attached hydrogen (secondary N) is 1. The van der Waals surface area contributed by atoms with Gasteiger partial charge in [-0.2, -0.15) is 0 Å². The Morgan fingerprint density at radius 3 is 2.72 bits per heavy atom. The minimum Gasteiger partial charge on any atom is -0.469 e. The standard InChI is InChI=1S/C13H21NO3S/c1-13(2,6-7-15)14-9-11-5-4-10(18-11)8-12(16)17-3/h4-5,14-15H,6-9H2,1-3H3. The molecule has 0 saturated heterocycles. The molecule has 1 aromatic rings. The van der Waals surface area contributed by atoms with Gasteiger partial charge < -0.3 is 15.2 Å². The van der Waals surface area contributed by atoms with Gasteiger partial charge in [0.25, 0.3) is 0 Å². The number of hydrogen-bond donors (Lipinski definition) is 2. The summed E-state index contributed by atoms with van der Waals surface area (Å²) in [5.74, 6) is -0.211. The van der Waals surface area contributed by atoms with E-state index in [1.54, 1.807) is 11.3 Å². The van der Waals surface area contributed by atoms with E-state index in [1.807, 2.05) is 12.1 Å². The van der Waals surface area contributed by atoms with Crippen LogP contribution in [0.3, 0.4) is 0 Å². The molecule has 0 aromatic carbocycles. The maximum atomic E-state index is 11.1. The number of aliphatic hydroxyl groups excluding tert-OH is 1. The first-order chi connectivity index (χ1) is 8.46. The second-order valence-corrected chi connectivity index (χ2v) is 6.08. The zero-order valence-corrected chi connectivity index (χ0v) is 12.0. The van der Waals surface area contributed by atoms with E-state index in [-0.39, 0.29) is 18.1 Å². The van der Waals surface area contributed by atoms with Crippen LogP contribution in [0.25, 0.3) is 0 Å². The van der Waals surface area contributed by atoms with Gasteiger partial charge in [-0.3, -0.25) is 4.79 Å². The molecule has 2 N–H and O–H groups in total. The smallest absolute Gasteiger partial charge is 0.310 e. The van der Waals surface area contributed by atoms with E-state index < -0.39 is 0 Å². The molecule has 102 valence electrons. The topological polar surface area (TPSA) is 58.6 Å². The third-order valence-corrected chi connectivity index (χ3v) is 3.83. The highest BCUT2D eigenvalue weighted by Crippen LogP contribution is 2.18. The molecule has 4 nitrogen and oxygen atoms in total. The lowest BCUT2D eigenvalue weighted by Crippen LogP contribution is -2.39. The Labute approximate surface area is 112 Å². The third kappa shape index (κ3) is 5.16. The van der Waals surface area contributed by atoms with Gasteiger partial charge in [0.2, 0.25) is 0 Å². The van der Waals surface area contributed by atoms with Crippen LogP contribution in [0.5, 0.6) is 0 Å². The largest absolute Gasteiger partial charge is 0.469 e. The number of rotatable bonds is 7. The minimum absolute atomic E-state index is 0.0821. The second-order valence-electron chi connectivity index (χ2n) is 4.83. The Bertz CT molecular complexity index is 387. The summed E-state index contributed by atoms with van der Waals surface area (Å²) in [5.41, 5.74) is -0.0821. The van der Waals surface area contributed by atoms with Crippen LogP contribution in [-0.2, 0) is 22.5 Å². The summed E-state index contributed by atoms with van der Waals surface area (Å²) in [5, 5.41) is 12.3. The second kappa shape index (κ2) is 6.87. The molecule has 0 unspecified atom stereocenters. The van der Waals surface area contributed by atoms with Gasteiger partial charge in [0, 0.05) is 28.4 Å². The third-order valence-electron chi connectivity index (χ3n) is 2.74. The molecule has 0 bridgehead atoms. The number of ether oxygens (including phenoxy) is 1. The molecule has 0 fully saturated rings. The zero-order valence-electron chi connectivity index (χ0n) is 11.2. The minimum atomic E-state index is -0.211. The monoisotopic (exact) mass is 271 g/mol. The Balaban J connectivity index is 2.46. The van der Waals surface area contributed by atoms with Crippen molar-refractivity contribution in [3.05, 3.63) is 21.9 Å². The first-order valence-electron chi connectivity index (χ1n) is 5.97. The molecule has 5 heteroatoms. The van der Waals surface area contributed by atoms with E-state index in [1.165, 1.54) is 12.0 Å². The predicted molar refractivity (Wildman–Crippen MR) is 72.7 cm³/mol. The predicted octanol–water partition coefficient (Wildman–Crippen LogP) is 1.71. The average Bonchev–Trinajstić information content (AvgIpc) is 2.74. The summed E-state index contributed by atoms with van der Waals surface area (Å²) in [6, 6.07) is 3.97.